The fourth-order valence-electron chi connectivity index (χ4n) is 5.89. The SMILES string of the molecule is CC(C)(C)c1ccc2c(c1)oc1c2c2oc3cc(C(C)(C)C)ccc3c2c2oc3cc(C(C)(C)C)ccc3c12. The van der Waals surface area contributed by atoms with E-state index >= 15 is 0 Å². The van der Waals surface area contributed by atoms with E-state index in [1.54, 1.807) is 0 Å². The van der Waals surface area contributed by atoms with Gasteiger partial charge in [-0.2, -0.15) is 0 Å². The van der Waals surface area contributed by atoms with Crippen LogP contribution in [0.2, 0.25) is 0 Å². The summed E-state index contributed by atoms with van der Waals surface area (Å²) in [5, 5.41) is 6.26. The van der Waals surface area contributed by atoms with Crippen LogP contribution in [-0.2, 0) is 16.2 Å². The van der Waals surface area contributed by atoms with Crippen LogP contribution in [0.5, 0.6) is 0 Å². The topological polar surface area (TPSA) is 39.4 Å². The largest absolute Gasteiger partial charge is 0.455 e. The van der Waals surface area contributed by atoms with Crippen LogP contribution in [0.15, 0.2) is 67.8 Å². The Labute approximate surface area is 228 Å². The minimum atomic E-state index is 0.0201. The third-order valence-corrected chi connectivity index (χ3v) is 8.35. The Hall–Kier alpha value is -3.72. The molecular weight excluding hydrogens is 480 g/mol. The zero-order chi connectivity index (χ0) is 27.6. The van der Waals surface area contributed by atoms with Gasteiger partial charge in [-0.3, -0.25) is 0 Å². The van der Waals surface area contributed by atoms with Crippen LogP contribution >= 0.6 is 0 Å². The molecular formula is C36H36O3. The van der Waals surface area contributed by atoms with Gasteiger partial charge < -0.3 is 13.3 Å². The first-order valence-corrected chi connectivity index (χ1v) is 13.9. The zero-order valence-corrected chi connectivity index (χ0v) is 24.4. The summed E-state index contributed by atoms with van der Waals surface area (Å²) in [5.74, 6) is 0. The number of fused-ring (bicyclic) bond motifs is 12. The highest BCUT2D eigenvalue weighted by Gasteiger charge is 2.27. The predicted molar refractivity (Wildman–Crippen MR) is 164 cm³/mol. The summed E-state index contributed by atoms with van der Waals surface area (Å²) < 4.78 is 20.2. The Kier molecular flexibility index (Phi) is 4.66. The van der Waals surface area contributed by atoms with Gasteiger partial charge in [-0.15, -0.1) is 0 Å². The van der Waals surface area contributed by atoms with E-state index in [0.717, 1.165) is 65.8 Å². The number of benzene rings is 4. The van der Waals surface area contributed by atoms with Gasteiger partial charge in [-0.05, 0) is 51.1 Å². The summed E-state index contributed by atoms with van der Waals surface area (Å²) in [6.07, 6.45) is 0. The minimum Gasteiger partial charge on any atom is -0.455 e. The smallest absolute Gasteiger partial charge is 0.150 e. The summed E-state index contributed by atoms with van der Waals surface area (Å²) >= 11 is 0. The average molecular weight is 517 g/mol. The second kappa shape index (κ2) is 7.47. The van der Waals surface area contributed by atoms with Gasteiger partial charge in [0.05, 0.1) is 16.2 Å². The summed E-state index contributed by atoms with van der Waals surface area (Å²) in [5.41, 5.74) is 8.91. The lowest BCUT2D eigenvalue weighted by Gasteiger charge is -2.18. The molecule has 0 amide bonds. The normalized spacial score (nSPS) is 13.8. The maximum absolute atomic E-state index is 6.73. The molecule has 0 radical (unpaired) electrons. The van der Waals surface area contributed by atoms with Crippen LogP contribution in [0.25, 0.3) is 65.8 Å². The second-order valence-corrected chi connectivity index (χ2v) is 14.3. The molecule has 0 saturated heterocycles. The van der Waals surface area contributed by atoms with Gasteiger partial charge >= 0.3 is 0 Å². The number of hydrogen-bond donors (Lipinski definition) is 0. The van der Waals surface area contributed by atoms with Crippen LogP contribution in [0.3, 0.4) is 0 Å². The van der Waals surface area contributed by atoms with Crippen molar-refractivity contribution in [3.8, 4) is 0 Å². The standard InChI is InChI=1S/C36H36O3/c1-34(2,3)19-10-13-22-25(16-19)37-31-28(22)32-30(24-15-12-21(36(7,8)9)18-27(24)38-32)33-29(31)23-14-11-20(35(4,5)6)17-26(23)39-33/h10-18H,1-9H3. The third kappa shape index (κ3) is 3.48. The minimum absolute atomic E-state index is 0.0201. The van der Waals surface area contributed by atoms with Crippen molar-refractivity contribution < 1.29 is 13.3 Å². The van der Waals surface area contributed by atoms with Crippen molar-refractivity contribution >= 4 is 65.8 Å². The Morgan fingerprint density at radius 1 is 0.385 bits per heavy atom. The van der Waals surface area contributed by atoms with Crippen molar-refractivity contribution in [3.63, 3.8) is 0 Å². The molecule has 0 atom stereocenters. The molecule has 4 aromatic carbocycles. The highest BCUT2D eigenvalue weighted by Crippen LogP contribution is 2.49. The third-order valence-electron chi connectivity index (χ3n) is 8.35. The lowest BCUT2D eigenvalue weighted by molar-refractivity contribution is 0.587. The van der Waals surface area contributed by atoms with Crippen molar-refractivity contribution in [2.45, 2.75) is 78.6 Å². The van der Waals surface area contributed by atoms with E-state index in [4.69, 9.17) is 13.3 Å². The van der Waals surface area contributed by atoms with Crippen molar-refractivity contribution in [1.82, 2.24) is 0 Å². The summed E-state index contributed by atoms with van der Waals surface area (Å²) in [7, 11) is 0. The van der Waals surface area contributed by atoms with E-state index in [2.05, 4.69) is 117 Å². The highest BCUT2D eigenvalue weighted by atomic mass is 16.4. The Morgan fingerprint density at radius 2 is 0.641 bits per heavy atom. The van der Waals surface area contributed by atoms with E-state index in [0.29, 0.717) is 0 Å². The molecule has 3 nitrogen and oxygen atoms in total. The predicted octanol–water partition coefficient (Wildman–Crippen LogP) is 11.3. The van der Waals surface area contributed by atoms with Gasteiger partial charge in [0.1, 0.15) is 16.7 Å². The molecule has 3 heterocycles. The first-order chi connectivity index (χ1) is 18.2. The van der Waals surface area contributed by atoms with Gasteiger partial charge in [0.25, 0.3) is 0 Å². The molecule has 198 valence electrons. The van der Waals surface area contributed by atoms with Gasteiger partial charge in [-0.1, -0.05) is 98.7 Å². The highest BCUT2D eigenvalue weighted by molar-refractivity contribution is 6.36. The molecule has 7 rings (SSSR count). The van der Waals surface area contributed by atoms with Crippen LogP contribution in [0.4, 0.5) is 0 Å². The molecule has 0 N–H and O–H groups in total. The molecule has 0 aliphatic heterocycles. The van der Waals surface area contributed by atoms with Crippen LogP contribution in [0.1, 0.15) is 79.0 Å². The summed E-state index contributed by atoms with van der Waals surface area (Å²) in [6, 6.07) is 19.8. The van der Waals surface area contributed by atoms with E-state index in [-0.39, 0.29) is 16.2 Å². The van der Waals surface area contributed by atoms with Gasteiger partial charge in [0.2, 0.25) is 0 Å². The number of furan rings is 3. The molecule has 39 heavy (non-hydrogen) atoms. The zero-order valence-electron chi connectivity index (χ0n) is 24.4. The molecule has 0 spiro atoms. The van der Waals surface area contributed by atoms with Crippen LogP contribution in [-0.4, -0.2) is 0 Å². The second-order valence-electron chi connectivity index (χ2n) is 14.3. The van der Waals surface area contributed by atoms with Crippen LogP contribution in [0, 0.1) is 0 Å². The molecule has 0 saturated carbocycles. The first-order valence-electron chi connectivity index (χ1n) is 13.9. The molecule has 3 heteroatoms. The molecule has 0 aliphatic rings. The van der Waals surface area contributed by atoms with Crippen molar-refractivity contribution in [3.05, 3.63) is 71.3 Å². The summed E-state index contributed by atoms with van der Waals surface area (Å²) in [4.78, 5) is 0. The maximum atomic E-state index is 6.73. The molecule has 0 bridgehead atoms. The molecule has 0 aliphatic carbocycles. The number of rotatable bonds is 0. The fourth-order valence-corrected chi connectivity index (χ4v) is 5.89. The summed E-state index contributed by atoms with van der Waals surface area (Å²) in [6.45, 7) is 20.1. The molecule has 0 unspecified atom stereocenters. The molecule has 7 aromatic rings. The van der Waals surface area contributed by atoms with Crippen molar-refractivity contribution in [2.75, 3.05) is 0 Å². The van der Waals surface area contributed by atoms with E-state index in [1.165, 1.54) is 16.7 Å². The molecule has 0 fully saturated rings. The maximum Gasteiger partial charge on any atom is 0.150 e. The first kappa shape index (κ1) is 24.3. The van der Waals surface area contributed by atoms with Gasteiger partial charge in [0.15, 0.2) is 16.7 Å². The Balaban J connectivity index is 1.71. The number of hydrogen-bond acceptors (Lipinski definition) is 3. The average Bonchev–Trinajstić information content (AvgIpc) is 3.51. The van der Waals surface area contributed by atoms with E-state index in [9.17, 15) is 0 Å². The van der Waals surface area contributed by atoms with E-state index in [1.807, 2.05) is 0 Å². The quantitative estimate of drug-likeness (QED) is 0.201. The Morgan fingerprint density at radius 3 is 0.872 bits per heavy atom. The monoisotopic (exact) mass is 516 g/mol. The van der Waals surface area contributed by atoms with Gasteiger partial charge in [-0.25, -0.2) is 0 Å². The lowest BCUT2D eigenvalue weighted by atomic mass is 9.86. The van der Waals surface area contributed by atoms with E-state index < -0.39 is 0 Å². The Bertz CT molecular complexity index is 1830. The van der Waals surface area contributed by atoms with Crippen molar-refractivity contribution in [1.29, 1.82) is 0 Å². The van der Waals surface area contributed by atoms with Gasteiger partial charge in [0, 0.05) is 16.2 Å². The lowest BCUT2D eigenvalue weighted by Crippen LogP contribution is -2.10. The van der Waals surface area contributed by atoms with Crippen molar-refractivity contribution in [2.24, 2.45) is 0 Å². The fraction of sp³-hybridized carbons (Fsp3) is 0.333. The molecule has 3 aromatic heterocycles. The van der Waals surface area contributed by atoms with Crippen LogP contribution < -0.4 is 0 Å².